The molecular formula is H14N2O12S3Zn+2. The molecule has 0 spiro atoms. The van der Waals surface area contributed by atoms with Gasteiger partial charge in [-0.25, -0.2) is 0 Å². The second kappa shape index (κ2) is 13.6. The van der Waals surface area contributed by atoms with E-state index in [2.05, 4.69) is 0 Å². The predicted molar refractivity (Wildman–Crippen MR) is 54.5 cm³/mol. The Labute approximate surface area is 115 Å². The minimum Gasteiger partial charge on any atom is -0.369 e. The second-order valence-electron chi connectivity index (χ2n) is 1.34. The van der Waals surface area contributed by atoms with E-state index in [-0.39, 0.29) is 31.8 Å². The molecule has 18 heteroatoms. The Kier molecular flexibility index (Phi) is 27.3. The Morgan fingerprint density at radius 1 is 0.444 bits per heavy atom. The third-order valence-corrected chi connectivity index (χ3v) is 0. The van der Waals surface area contributed by atoms with Crippen molar-refractivity contribution >= 4 is 31.2 Å². The molecular weight excluding hydrogens is 382 g/mol. The summed E-state index contributed by atoms with van der Waals surface area (Å²) in [7, 11) is -14.0. The number of quaternary nitrogens is 2. The molecule has 0 bridgehead atoms. The van der Waals surface area contributed by atoms with Crippen LogP contribution in [-0.4, -0.2) is 52.6 Å². The van der Waals surface area contributed by atoms with Crippen molar-refractivity contribution in [2.45, 2.75) is 0 Å². The van der Waals surface area contributed by atoms with E-state index in [1.165, 1.54) is 0 Å². The zero-order valence-electron chi connectivity index (χ0n) is 9.06. The summed E-state index contributed by atoms with van der Waals surface area (Å²) in [6, 6.07) is 0. The van der Waals surface area contributed by atoms with Crippen LogP contribution < -0.4 is 12.3 Å². The molecule has 0 rings (SSSR count). The molecule has 0 aliphatic heterocycles. The maximum absolute atomic E-state index is 8.74. The van der Waals surface area contributed by atoms with E-state index >= 15 is 0 Å². The largest absolute Gasteiger partial charge is 0.394 e. The van der Waals surface area contributed by atoms with Crippen molar-refractivity contribution in [3.05, 3.63) is 0 Å². The van der Waals surface area contributed by atoms with Crippen molar-refractivity contribution in [1.29, 1.82) is 0 Å². The van der Waals surface area contributed by atoms with Crippen LogP contribution in [0.2, 0.25) is 0 Å². The van der Waals surface area contributed by atoms with Gasteiger partial charge in [0.05, 0.1) is 0 Å². The summed E-state index contributed by atoms with van der Waals surface area (Å²) in [5.41, 5.74) is 0. The van der Waals surface area contributed by atoms with Gasteiger partial charge >= 0.3 is 31.2 Å². The summed E-state index contributed by atoms with van der Waals surface area (Å²) in [6.45, 7) is 0. The molecule has 0 aromatic rings. The van der Waals surface area contributed by atoms with E-state index in [0.717, 1.165) is 0 Å². The normalized spacial score (nSPS) is 9.67. The minimum absolute atomic E-state index is 0. The molecule has 0 saturated heterocycles. The smallest absolute Gasteiger partial charge is 0.369 e. The molecule has 14 N–H and O–H groups in total. The van der Waals surface area contributed by atoms with Gasteiger partial charge in [-0.2, -0.15) is 25.3 Å². The van der Waals surface area contributed by atoms with Crippen molar-refractivity contribution in [2.24, 2.45) is 0 Å². The maximum atomic E-state index is 8.74. The standard InChI is InChI=1S/2H3N.3H2O4S.Zn/c;;3*1-5(2,3)4;/h2*1H3;3*(H2,1,2,3,4);/p+2. The Bertz CT molecular complexity index is 346. The molecule has 0 aliphatic rings. The van der Waals surface area contributed by atoms with Gasteiger partial charge in [0.2, 0.25) is 0 Å². The van der Waals surface area contributed by atoms with E-state index in [1.54, 1.807) is 0 Å². The molecule has 14 nitrogen and oxygen atoms in total. The predicted octanol–water partition coefficient (Wildman–Crippen LogP) is -1.21. The molecule has 18 heavy (non-hydrogen) atoms. The van der Waals surface area contributed by atoms with Crippen LogP contribution in [0.3, 0.4) is 0 Å². The van der Waals surface area contributed by atoms with Gasteiger partial charge < -0.3 is 12.3 Å². The van der Waals surface area contributed by atoms with Gasteiger partial charge in [-0.3, -0.25) is 27.3 Å². The van der Waals surface area contributed by atoms with Crippen molar-refractivity contribution < 1.29 is 72.0 Å². The molecule has 0 aliphatic carbocycles. The zero-order chi connectivity index (χ0) is 13.5. The first-order valence-electron chi connectivity index (χ1n) is 2.10. The number of rotatable bonds is 0. The first-order chi connectivity index (χ1) is 6.00. The van der Waals surface area contributed by atoms with Gasteiger partial charge in [-0.1, -0.05) is 0 Å². The van der Waals surface area contributed by atoms with Crippen LogP contribution in [0, 0.1) is 0 Å². The topological polar surface area (TPSA) is 297 Å². The van der Waals surface area contributed by atoms with Crippen LogP contribution >= 0.6 is 0 Å². The Hall–Kier alpha value is 0.153. The van der Waals surface area contributed by atoms with Crippen molar-refractivity contribution in [3.8, 4) is 0 Å². The van der Waals surface area contributed by atoms with E-state index in [4.69, 9.17) is 52.6 Å². The summed E-state index contributed by atoms with van der Waals surface area (Å²) >= 11 is 0. The number of hydrogen-bond donors (Lipinski definition) is 8. The van der Waals surface area contributed by atoms with E-state index < -0.39 is 31.2 Å². The molecule has 0 heterocycles. The summed E-state index contributed by atoms with van der Waals surface area (Å²) in [5, 5.41) is 0. The van der Waals surface area contributed by atoms with Crippen LogP contribution in [0.1, 0.15) is 0 Å². The molecule has 0 atom stereocenters. The maximum Gasteiger partial charge on any atom is 0.394 e. The average molecular weight is 396 g/mol. The molecule has 0 unspecified atom stereocenters. The van der Waals surface area contributed by atoms with Crippen molar-refractivity contribution in [1.82, 2.24) is 12.3 Å². The fourth-order valence-corrected chi connectivity index (χ4v) is 0. The molecule has 0 amide bonds. The summed E-state index contributed by atoms with van der Waals surface area (Å²) in [6.07, 6.45) is 0. The van der Waals surface area contributed by atoms with Gasteiger partial charge in [0.25, 0.3) is 0 Å². The third kappa shape index (κ3) is 158000. The third-order valence-electron chi connectivity index (χ3n) is 0. The Morgan fingerprint density at radius 2 is 0.444 bits per heavy atom. The van der Waals surface area contributed by atoms with E-state index in [9.17, 15) is 0 Å². The van der Waals surface area contributed by atoms with Gasteiger partial charge in [-0.05, 0) is 0 Å². The first kappa shape index (κ1) is 36.2. The molecule has 0 aromatic heterocycles. The van der Waals surface area contributed by atoms with E-state index in [1.807, 2.05) is 0 Å². The van der Waals surface area contributed by atoms with Gasteiger partial charge in [0.15, 0.2) is 0 Å². The summed E-state index contributed by atoms with van der Waals surface area (Å²) in [5.74, 6) is 0. The molecule has 114 valence electrons. The number of hydrogen-bond acceptors (Lipinski definition) is 6. The second-order valence-corrected chi connectivity index (χ2v) is 4.03. The molecule has 0 aromatic carbocycles. The zero-order valence-corrected chi connectivity index (χ0v) is 14.5. The summed E-state index contributed by atoms with van der Waals surface area (Å²) < 4.78 is 94.8. The monoisotopic (exact) mass is 394 g/mol. The molecule has 0 saturated carbocycles. The average Bonchev–Trinajstić information content (AvgIpc) is 1.41. The fourth-order valence-electron chi connectivity index (χ4n) is 0. The Balaban J connectivity index is -0.0000000277. The van der Waals surface area contributed by atoms with Crippen molar-refractivity contribution in [2.75, 3.05) is 0 Å². The fraction of sp³-hybridized carbons (Fsp3) is 0. The first-order valence-corrected chi connectivity index (χ1v) is 6.29. The van der Waals surface area contributed by atoms with E-state index in [0.29, 0.717) is 0 Å². The van der Waals surface area contributed by atoms with Gasteiger partial charge in [0, 0.05) is 19.5 Å². The minimum atomic E-state index is -4.67. The Morgan fingerprint density at radius 3 is 0.444 bits per heavy atom. The van der Waals surface area contributed by atoms with Crippen molar-refractivity contribution in [3.63, 3.8) is 0 Å². The van der Waals surface area contributed by atoms with Gasteiger partial charge in [0.1, 0.15) is 0 Å². The van der Waals surface area contributed by atoms with Crippen LogP contribution in [0.25, 0.3) is 0 Å². The van der Waals surface area contributed by atoms with Crippen LogP contribution in [0.15, 0.2) is 0 Å². The van der Waals surface area contributed by atoms with Crippen LogP contribution in [0.5, 0.6) is 0 Å². The quantitative estimate of drug-likeness (QED) is 0.177. The summed E-state index contributed by atoms with van der Waals surface area (Å²) in [4.78, 5) is 0. The SMILES string of the molecule is O=S(=O)(O)O.O=S(=O)(O)O.O=S(=O)(O)O.[NH4+].[NH4+].[Zn]. The van der Waals surface area contributed by atoms with Crippen LogP contribution in [0.4, 0.5) is 0 Å². The molecule has 0 fully saturated rings. The van der Waals surface area contributed by atoms with Gasteiger partial charge in [-0.15, -0.1) is 0 Å². The van der Waals surface area contributed by atoms with Crippen LogP contribution in [-0.2, 0) is 50.7 Å². The molecule has 0 radical (unpaired) electrons.